The van der Waals surface area contributed by atoms with Crippen LogP contribution in [0, 0.1) is 16.0 Å². The molecule has 0 amide bonds. The summed E-state index contributed by atoms with van der Waals surface area (Å²) >= 11 is 0. The molecular formula is C19H20N2O4. The van der Waals surface area contributed by atoms with E-state index in [0.29, 0.717) is 6.47 Å². The number of hydrogen-bond acceptors (Lipinski definition) is 5. The van der Waals surface area contributed by atoms with E-state index in [4.69, 9.17) is 4.74 Å². The van der Waals surface area contributed by atoms with Crippen molar-refractivity contribution >= 4 is 17.8 Å². The highest BCUT2D eigenvalue weighted by molar-refractivity contribution is 5.51. The number of anilines is 1. The second-order valence-electron chi connectivity index (χ2n) is 6.16. The smallest absolute Gasteiger partial charge is 0.293 e. The first-order valence-electron chi connectivity index (χ1n) is 8.32. The van der Waals surface area contributed by atoms with Crippen molar-refractivity contribution in [2.24, 2.45) is 5.92 Å². The predicted octanol–water partition coefficient (Wildman–Crippen LogP) is 3.73. The molecule has 1 saturated heterocycles. The molecule has 6 nitrogen and oxygen atoms in total. The van der Waals surface area contributed by atoms with E-state index in [1.807, 2.05) is 30.3 Å². The summed E-state index contributed by atoms with van der Waals surface area (Å²) < 4.78 is 5.38. The fraction of sp³-hybridized carbons (Fsp3) is 0.316. The van der Waals surface area contributed by atoms with Gasteiger partial charge in [0, 0.05) is 36.8 Å². The maximum Gasteiger partial charge on any atom is 0.293 e. The highest BCUT2D eigenvalue weighted by Gasteiger charge is 2.29. The molecule has 1 fully saturated rings. The Labute approximate surface area is 146 Å². The summed E-state index contributed by atoms with van der Waals surface area (Å²) in [6, 6.07) is 16.4. The normalized spacial score (nSPS) is 16.2. The summed E-state index contributed by atoms with van der Waals surface area (Å²) in [5.41, 5.74) is 2.10. The van der Waals surface area contributed by atoms with Gasteiger partial charge in [0.25, 0.3) is 12.2 Å². The van der Waals surface area contributed by atoms with E-state index in [0.717, 1.165) is 37.2 Å². The van der Waals surface area contributed by atoms with Crippen LogP contribution in [-0.4, -0.2) is 24.5 Å². The summed E-state index contributed by atoms with van der Waals surface area (Å²) in [6.45, 7) is 2.18. The summed E-state index contributed by atoms with van der Waals surface area (Å²) in [5.74, 6) is 0.266. The molecule has 6 heteroatoms. The molecule has 0 saturated carbocycles. The van der Waals surface area contributed by atoms with E-state index in [-0.39, 0.29) is 17.7 Å². The summed E-state index contributed by atoms with van der Waals surface area (Å²) in [4.78, 5) is 23.5. The van der Waals surface area contributed by atoms with E-state index < -0.39 is 4.92 Å². The summed E-state index contributed by atoms with van der Waals surface area (Å²) in [7, 11) is 0. The van der Waals surface area contributed by atoms with Gasteiger partial charge in [-0.2, -0.15) is 0 Å². The molecule has 0 aromatic heterocycles. The fourth-order valence-corrected chi connectivity index (χ4v) is 3.41. The zero-order valence-corrected chi connectivity index (χ0v) is 13.8. The third-order valence-corrected chi connectivity index (χ3v) is 4.72. The number of carbonyl (C=O) groups excluding carboxylic acids is 1. The fourth-order valence-electron chi connectivity index (χ4n) is 3.41. The Hall–Kier alpha value is -2.89. The highest BCUT2D eigenvalue weighted by Crippen LogP contribution is 2.34. The second kappa shape index (κ2) is 7.79. The van der Waals surface area contributed by atoms with Crippen molar-refractivity contribution in [3.8, 4) is 0 Å². The number of benzene rings is 2. The van der Waals surface area contributed by atoms with Crippen molar-refractivity contribution in [1.29, 1.82) is 0 Å². The minimum atomic E-state index is -0.392. The SMILES string of the molecule is O=COC(c1ccccc1)C1CCN(c2ccc([N+](=O)[O-])cc2)CC1. The molecule has 1 aliphatic heterocycles. The molecule has 3 rings (SSSR count). The molecule has 25 heavy (non-hydrogen) atoms. The van der Waals surface area contributed by atoms with Crippen LogP contribution < -0.4 is 4.90 Å². The zero-order chi connectivity index (χ0) is 17.6. The number of non-ortho nitro benzene ring substituents is 1. The van der Waals surface area contributed by atoms with Gasteiger partial charge in [0.1, 0.15) is 6.10 Å². The first-order chi connectivity index (χ1) is 12.2. The maximum atomic E-state index is 10.9. The number of nitrogens with zero attached hydrogens (tertiary/aromatic N) is 2. The van der Waals surface area contributed by atoms with Crippen LogP contribution in [0.5, 0.6) is 0 Å². The number of nitro groups is 1. The Morgan fingerprint density at radius 3 is 2.28 bits per heavy atom. The van der Waals surface area contributed by atoms with E-state index in [9.17, 15) is 14.9 Å². The van der Waals surface area contributed by atoms with Crippen molar-refractivity contribution in [3.63, 3.8) is 0 Å². The molecule has 2 aromatic rings. The number of piperidine rings is 1. The van der Waals surface area contributed by atoms with E-state index in [1.165, 1.54) is 12.1 Å². The molecule has 0 N–H and O–H groups in total. The van der Waals surface area contributed by atoms with Gasteiger partial charge in [-0.15, -0.1) is 0 Å². The minimum Gasteiger partial charge on any atom is -0.459 e. The molecule has 1 unspecified atom stereocenters. The maximum absolute atomic E-state index is 10.9. The van der Waals surface area contributed by atoms with Gasteiger partial charge in [0.2, 0.25) is 0 Å². The van der Waals surface area contributed by atoms with Gasteiger partial charge < -0.3 is 9.64 Å². The molecule has 1 atom stereocenters. The number of rotatable bonds is 6. The second-order valence-corrected chi connectivity index (χ2v) is 6.16. The Balaban J connectivity index is 1.65. The van der Waals surface area contributed by atoms with Gasteiger partial charge >= 0.3 is 0 Å². The first-order valence-corrected chi connectivity index (χ1v) is 8.32. The van der Waals surface area contributed by atoms with Crippen molar-refractivity contribution in [3.05, 3.63) is 70.3 Å². The highest BCUT2D eigenvalue weighted by atomic mass is 16.6. The van der Waals surface area contributed by atoms with E-state index in [1.54, 1.807) is 12.1 Å². The van der Waals surface area contributed by atoms with Gasteiger partial charge in [-0.1, -0.05) is 30.3 Å². The number of carbonyl (C=O) groups is 1. The quantitative estimate of drug-likeness (QED) is 0.455. The lowest BCUT2D eigenvalue weighted by molar-refractivity contribution is -0.384. The van der Waals surface area contributed by atoms with Gasteiger partial charge in [0.15, 0.2) is 0 Å². The Kier molecular flexibility index (Phi) is 5.28. The minimum absolute atomic E-state index is 0.0992. The van der Waals surface area contributed by atoms with Crippen LogP contribution in [-0.2, 0) is 9.53 Å². The van der Waals surface area contributed by atoms with Crippen LogP contribution in [0.3, 0.4) is 0 Å². The van der Waals surface area contributed by atoms with Crippen molar-refractivity contribution in [2.45, 2.75) is 18.9 Å². The van der Waals surface area contributed by atoms with Crippen molar-refractivity contribution < 1.29 is 14.5 Å². The third-order valence-electron chi connectivity index (χ3n) is 4.72. The number of nitro benzene ring substituents is 1. The van der Waals surface area contributed by atoms with Crippen LogP contribution in [0.1, 0.15) is 24.5 Å². The van der Waals surface area contributed by atoms with Crippen molar-refractivity contribution in [1.82, 2.24) is 0 Å². The average Bonchev–Trinajstić information content (AvgIpc) is 2.67. The van der Waals surface area contributed by atoms with Gasteiger partial charge in [-0.3, -0.25) is 14.9 Å². The molecule has 0 aliphatic carbocycles. The lowest BCUT2D eigenvalue weighted by Crippen LogP contribution is -2.36. The van der Waals surface area contributed by atoms with Crippen LogP contribution in [0.25, 0.3) is 0 Å². The lowest BCUT2D eigenvalue weighted by atomic mass is 9.87. The Morgan fingerprint density at radius 1 is 1.08 bits per heavy atom. The number of hydrogen-bond donors (Lipinski definition) is 0. The monoisotopic (exact) mass is 340 g/mol. The standard InChI is InChI=1S/C19H20N2O4/c22-14-25-19(15-4-2-1-3-5-15)16-10-12-20(13-11-16)17-6-8-18(9-7-17)21(23)24/h1-9,14,16,19H,10-13H2. The van der Waals surface area contributed by atoms with E-state index >= 15 is 0 Å². The van der Waals surface area contributed by atoms with Crippen molar-refractivity contribution in [2.75, 3.05) is 18.0 Å². The average molecular weight is 340 g/mol. The number of ether oxygens (including phenoxy) is 1. The zero-order valence-electron chi connectivity index (χ0n) is 13.8. The molecule has 1 heterocycles. The third kappa shape index (κ3) is 3.96. The van der Waals surface area contributed by atoms with Gasteiger partial charge in [-0.25, -0.2) is 0 Å². The summed E-state index contributed by atoms with van der Waals surface area (Å²) in [6.07, 6.45) is 1.56. The molecule has 1 aliphatic rings. The molecule has 2 aromatic carbocycles. The van der Waals surface area contributed by atoms with Gasteiger partial charge in [0.05, 0.1) is 4.92 Å². The van der Waals surface area contributed by atoms with Crippen LogP contribution in [0.2, 0.25) is 0 Å². The van der Waals surface area contributed by atoms with Crippen LogP contribution in [0.15, 0.2) is 54.6 Å². The molecule has 0 radical (unpaired) electrons. The first kappa shape index (κ1) is 17.0. The Morgan fingerprint density at radius 2 is 1.72 bits per heavy atom. The molecular weight excluding hydrogens is 320 g/mol. The lowest BCUT2D eigenvalue weighted by Gasteiger charge is -2.36. The Bertz CT molecular complexity index is 710. The van der Waals surface area contributed by atoms with Crippen LogP contribution in [0.4, 0.5) is 11.4 Å². The van der Waals surface area contributed by atoms with E-state index in [2.05, 4.69) is 4.90 Å². The largest absolute Gasteiger partial charge is 0.459 e. The topological polar surface area (TPSA) is 72.7 Å². The van der Waals surface area contributed by atoms with Crippen LogP contribution >= 0.6 is 0 Å². The molecule has 0 spiro atoms. The molecule has 130 valence electrons. The van der Waals surface area contributed by atoms with Gasteiger partial charge in [-0.05, 0) is 30.5 Å². The molecule has 0 bridgehead atoms. The summed E-state index contributed by atoms with van der Waals surface area (Å²) in [5, 5.41) is 10.8. The predicted molar refractivity (Wildman–Crippen MR) is 94.4 cm³/mol.